The molecule has 0 saturated carbocycles. The lowest BCUT2D eigenvalue weighted by Gasteiger charge is -2.18. The molecule has 0 saturated heterocycles. The smallest absolute Gasteiger partial charge is 0.124 e. The lowest BCUT2D eigenvalue weighted by atomic mass is 10.2. The fraction of sp³-hybridized carbons (Fsp3) is 0.429. The Hall–Kier alpha value is -1.04. The maximum absolute atomic E-state index is 13.0. The molecule has 0 aromatic heterocycles. The van der Waals surface area contributed by atoms with Crippen LogP contribution in [0.1, 0.15) is 31.4 Å². The first kappa shape index (κ1) is 27.0. The van der Waals surface area contributed by atoms with Crippen molar-refractivity contribution in [3.05, 3.63) is 64.4 Å². The van der Waals surface area contributed by atoms with Crippen LogP contribution in [0.5, 0.6) is 5.75 Å². The summed E-state index contributed by atoms with van der Waals surface area (Å²) in [7, 11) is 0. The van der Waals surface area contributed by atoms with Gasteiger partial charge in [0, 0.05) is 17.1 Å². The van der Waals surface area contributed by atoms with Gasteiger partial charge in [0.2, 0.25) is 0 Å². The van der Waals surface area contributed by atoms with E-state index in [2.05, 4.69) is 24.1 Å². The van der Waals surface area contributed by atoms with Gasteiger partial charge in [-0.25, -0.2) is 4.39 Å². The van der Waals surface area contributed by atoms with E-state index in [1.54, 1.807) is 12.1 Å². The Morgan fingerprint density at radius 3 is 2.36 bits per heavy atom. The average molecular weight is 452 g/mol. The summed E-state index contributed by atoms with van der Waals surface area (Å²) in [5.74, 6) is 0.560. The van der Waals surface area contributed by atoms with Crippen molar-refractivity contribution < 1.29 is 9.13 Å². The third kappa shape index (κ3) is 9.44. The fourth-order valence-corrected chi connectivity index (χ4v) is 2.95. The number of nitrogens with one attached hydrogen (secondary N) is 1. The molecule has 0 aliphatic carbocycles. The van der Waals surface area contributed by atoms with Gasteiger partial charge in [-0.15, -0.1) is 24.8 Å². The highest BCUT2D eigenvalue weighted by Crippen LogP contribution is 2.24. The van der Waals surface area contributed by atoms with Crippen LogP contribution in [0.15, 0.2) is 42.5 Å². The van der Waals surface area contributed by atoms with E-state index in [1.165, 1.54) is 12.1 Å². The molecule has 0 radical (unpaired) electrons. The summed E-state index contributed by atoms with van der Waals surface area (Å²) in [6.45, 7) is 9.71. The summed E-state index contributed by atoms with van der Waals surface area (Å²) in [5, 5.41) is 4.16. The van der Waals surface area contributed by atoms with Crippen molar-refractivity contribution in [2.45, 2.75) is 33.4 Å². The third-order valence-electron chi connectivity index (χ3n) is 4.37. The van der Waals surface area contributed by atoms with Gasteiger partial charge in [-0.05, 0) is 68.5 Å². The van der Waals surface area contributed by atoms with Gasteiger partial charge in [0.05, 0.1) is 0 Å². The van der Waals surface area contributed by atoms with Crippen LogP contribution in [-0.4, -0.2) is 31.1 Å². The Bertz CT molecular complexity index is 667. The molecule has 7 heteroatoms. The maximum atomic E-state index is 13.0. The lowest BCUT2D eigenvalue weighted by molar-refractivity contribution is 0.295. The number of rotatable bonds is 11. The van der Waals surface area contributed by atoms with Crippen LogP contribution in [0.2, 0.25) is 5.02 Å². The van der Waals surface area contributed by atoms with Crippen LogP contribution in [0.4, 0.5) is 4.39 Å². The molecule has 0 aliphatic rings. The second-order valence-electron chi connectivity index (χ2n) is 6.22. The molecule has 0 heterocycles. The minimum absolute atomic E-state index is 0. The highest BCUT2D eigenvalue weighted by molar-refractivity contribution is 6.30. The fourth-order valence-electron chi connectivity index (χ4n) is 2.76. The Morgan fingerprint density at radius 1 is 1.04 bits per heavy atom. The maximum Gasteiger partial charge on any atom is 0.124 e. The van der Waals surface area contributed by atoms with E-state index in [0.29, 0.717) is 18.2 Å². The molecule has 0 amide bonds. The van der Waals surface area contributed by atoms with Gasteiger partial charge < -0.3 is 15.0 Å². The first-order valence-corrected chi connectivity index (χ1v) is 9.59. The molecule has 2 rings (SSSR count). The molecule has 1 N–H and O–H groups in total. The topological polar surface area (TPSA) is 24.5 Å². The van der Waals surface area contributed by atoms with Crippen LogP contribution in [0, 0.1) is 5.82 Å². The van der Waals surface area contributed by atoms with E-state index in [-0.39, 0.29) is 30.6 Å². The third-order valence-corrected chi connectivity index (χ3v) is 4.60. The van der Waals surface area contributed by atoms with E-state index in [0.717, 1.165) is 49.5 Å². The van der Waals surface area contributed by atoms with Crippen molar-refractivity contribution in [2.75, 3.05) is 26.2 Å². The Morgan fingerprint density at radius 2 is 1.71 bits per heavy atom. The summed E-state index contributed by atoms with van der Waals surface area (Å²) in [5.41, 5.74) is 1.96. The van der Waals surface area contributed by atoms with Gasteiger partial charge in [0.1, 0.15) is 18.2 Å². The van der Waals surface area contributed by atoms with E-state index < -0.39 is 0 Å². The van der Waals surface area contributed by atoms with Crippen LogP contribution < -0.4 is 10.1 Å². The second kappa shape index (κ2) is 14.9. The minimum Gasteiger partial charge on any atom is -0.489 e. The van der Waals surface area contributed by atoms with Crippen molar-refractivity contribution in [2.24, 2.45) is 0 Å². The van der Waals surface area contributed by atoms with Crippen molar-refractivity contribution in [3.63, 3.8) is 0 Å². The number of benzene rings is 2. The zero-order valence-corrected chi connectivity index (χ0v) is 18.8. The van der Waals surface area contributed by atoms with Crippen LogP contribution in [0.25, 0.3) is 0 Å². The van der Waals surface area contributed by atoms with Gasteiger partial charge in [0.25, 0.3) is 0 Å². The summed E-state index contributed by atoms with van der Waals surface area (Å²) in [6.07, 6.45) is 1.11. The van der Waals surface area contributed by atoms with Gasteiger partial charge in [0.15, 0.2) is 0 Å². The van der Waals surface area contributed by atoms with E-state index in [4.69, 9.17) is 16.3 Å². The Labute approximate surface area is 185 Å². The van der Waals surface area contributed by atoms with Gasteiger partial charge in [-0.3, -0.25) is 0 Å². The van der Waals surface area contributed by atoms with Crippen molar-refractivity contribution in [1.29, 1.82) is 0 Å². The molecule has 0 fully saturated rings. The molecule has 2 aromatic carbocycles. The molecular weight excluding hydrogens is 422 g/mol. The van der Waals surface area contributed by atoms with Crippen LogP contribution in [0.3, 0.4) is 0 Å². The molecule has 2 aromatic rings. The van der Waals surface area contributed by atoms with Crippen molar-refractivity contribution in [3.8, 4) is 5.75 Å². The van der Waals surface area contributed by atoms with Crippen LogP contribution >= 0.6 is 36.4 Å². The number of hydrogen-bond acceptors (Lipinski definition) is 3. The molecular formula is C21H30Cl3FN2O. The van der Waals surface area contributed by atoms with Gasteiger partial charge >= 0.3 is 0 Å². The lowest BCUT2D eigenvalue weighted by Crippen LogP contribution is -2.27. The first-order valence-electron chi connectivity index (χ1n) is 9.21. The summed E-state index contributed by atoms with van der Waals surface area (Å²) >= 11 is 6.14. The Balaban J connectivity index is 0.00000364. The quantitative estimate of drug-likeness (QED) is 0.442. The number of hydrogen-bond donors (Lipinski definition) is 1. The summed E-state index contributed by atoms with van der Waals surface area (Å²) in [4.78, 5) is 2.41. The number of nitrogens with zero attached hydrogens (tertiary/aromatic N) is 1. The number of halogens is 4. The van der Waals surface area contributed by atoms with Crippen molar-refractivity contribution in [1.82, 2.24) is 10.2 Å². The number of ether oxygens (including phenoxy) is 1. The molecule has 0 aliphatic heterocycles. The predicted octanol–water partition coefficient (Wildman–Crippen LogP) is 5.72. The second-order valence-corrected chi connectivity index (χ2v) is 6.66. The van der Waals surface area contributed by atoms with Crippen LogP contribution in [-0.2, 0) is 13.2 Å². The highest BCUT2D eigenvalue weighted by Gasteiger charge is 2.06. The van der Waals surface area contributed by atoms with E-state index >= 15 is 0 Å². The average Bonchev–Trinajstić information content (AvgIpc) is 2.65. The monoisotopic (exact) mass is 450 g/mol. The Kier molecular flexibility index (Phi) is 14.3. The molecule has 3 nitrogen and oxygen atoms in total. The molecule has 28 heavy (non-hydrogen) atoms. The summed E-state index contributed by atoms with van der Waals surface area (Å²) in [6, 6.07) is 12.0. The first-order chi connectivity index (χ1) is 12.6. The zero-order chi connectivity index (χ0) is 18.8. The van der Waals surface area contributed by atoms with E-state index in [9.17, 15) is 4.39 Å². The van der Waals surface area contributed by atoms with E-state index in [1.807, 2.05) is 18.2 Å². The standard InChI is InChI=1S/C21H28ClFN2O.2ClH/c1-3-25(4-2)13-5-12-24-15-18-14-19(22)8-11-21(18)26-16-17-6-9-20(23)10-7-17;;/h6-11,14,24H,3-5,12-13,15-16H2,1-2H3;2*1H. The zero-order valence-electron chi connectivity index (χ0n) is 16.4. The molecule has 0 unspecified atom stereocenters. The molecule has 0 atom stereocenters. The molecule has 158 valence electrons. The SMILES string of the molecule is CCN(CC)CCCNCc1cc(Cl)ccc1OCc1ccc(F)cc1.Cl.Cl. The summed E-state index contributed by atoms with van der Waals surface area (Å²) < 4.78 is 18.9. The normalized spacial score (nSPS) is 10.3. The van der Waals surface area contributed by atoms with Gasteiger partial charge in [-0.1, -0.05) is 37.6 Å². The molecule has 0 spiro atoms. The van der Waals surface area contributed by atoms with Crippen molar-refractivity contribution >= 4 is 36.4 Å². The highest BCUT2D eigenvalue weighted by atomic mass is 35.5. The largest absolute Gasteiger partial charge is 0.489 e. The minimum atomic E-state index is -0.241. The predicted molar refractivity (Wildman–Crippen MR) is 121 cm³/mol. The van der Waals surface area contributed by atoms with Gasteiger partial charge in [-0.2, -0.15) is 0 Å². The molecule has 0 bridgehead atoms.